The summed E-state index contributed by atoms with van der Waals surface area (Å²) in [6, 6.07) is 0. The second-order valence-corrected chi connectivity index (χ2v) is 6.05. The summed E-state index contributed by atoms with van der Waals surface area (Å²) >= 11 is 0. The van der Waals surface area contributed by atoms with Crippen molar-refractivity contribution in [1.82, 2.24) is 0 Å². The molecule has 0 fully saturated rings. The number of hydrogen-bond donors (Lipinski definition) is 0. The molecule has 0 aromatic heterocycles. The molecular formula is C18H37NaO. The number of ketones is 1. The minimum atomic E-state index is 0. The first-order chi connectivity index (χ1) is 9.27. The zero-order chi connectivity index (χ0) is 14.2. The monoisotopic (exact) mass is 292 g/mol. The second kappa shape index (κ2) is 19.7. The molecule has 0 aliphatic rings. The third-order valence-corrected chi connectivity index (χ3v) is 3.88. The molecule has 0 rings (SSSR count). The maximum Gasteiger partial charge on any atom is 1.00 e. The molecule has 0 spiro atoms. The molecule has 0 bridgehead atoms. The number of unbranched alkanes of at least 4 members (excludes halogenated alkanes) is 13. The van der Waals surface area contributed by atoms with Gasteiger partial charge in [-0.3, -0.25) is 0 Å². The van der Waals surface area contributed by atoms with Gasteiger partial charge in [0, 0.05) is 6.42 Å². The van der Waals surface area contributed by atoms with E-state index >= 15 is 0 Å². The Bertz CT molecular complexity index is 198. The molecule has 0 N–H and O–H groups in total. The third-order valence-electron chi connectivity index (χ3n) is 3.88. The first kappa shape index (κ1) is 22.9. The van der Waals surface area contributed by atoms with E-state index in [0.717, 1.165) is 12.8 Å². The Labute approximate surface area is 151 Å². The summed E-state index contributed by atoms with van der Waals surface area (Å²) < 4.78 is 0. The zero-order valence-corrected chi connectivity index (χ0v) is 16.5. The number of carbonyl (C=O) groups is 1. The summed E-state index contributed by atoms with van der Waals surface area (Å²) in [5.74, 6) is 0.346. The second-order valence-electron chi connectivity index (χ2n) is 6.05. The van der Waals surface area contributed by atoms with Crippen LogP contribution in [0.1, 0.15) is 112 Å². The number of hydrogen-bond acceptors (Lipinski definition) is 1. The first-order valence-corrected chi connectivity index (χ1v) is 8.76. The Morgan fingerprint density at radius 2 is 0.950 bits per heavy atom. The van der Waals surface area contributed by atoms with Crippen molar-refractivity contribution in [2.45, 2.75) is 110 Å². The Morgan fingerprint density at radius 3 is 1.25 bits per heavy atom. The molecule has 0 aliphatic carbocycles. The smallest absolute Gasteiger partial charge is 1.00 e. The van der Waals surface area contributed by atoms with Crippen molar-refractivity contribution < 1.29 is 35.8 Å². The molecule has 0 unspecified atom stereocenters. The molecule has 2 heteroatoms. The van der Waals surface area contributed by atoms with Crippen LogP contribution in [0.2, 0.25) is 0 Å². The summed E-state index contributed by atoms with van der Waals surface area (Å²) in [6.45, 7) is 3.97. The van der Waals surface area contributed by atoms with Crippen LogP contribution in [0.25, 0.3) is 0 Å². The van der Waals surface area contributed by atoms with E-state index in [1.165, 1.54) is 83.5 Å². The van der Waals surface area contributed by atoms with Gasteiger partial charge in [0.25, 0.3) is 0 Å². The predicted octanol–water partition coefficient (Wildman–Crippen LogP) is 3.56. The molecular weight excluding hydrogens is 255 g/mol. The van der Waals surface area contributed by atoms with Crippen molar-refractivity contribution in [3.05, 3.63) is 0 Å². The van der Waals surface area contributed by atoms with Crippen molar-refractivity contribution in [1.29, 1.82) is 0 Å². The van der Waals surface area contributed by atoms with Gasteiger partial charge in [-0.1, -0.05) is 90.4 Å². The molecule has 0 amide bonds. The molecule has 0 aliphatic heterocycles. The Hall–Kier alpha value is 0.670. The van der Waals surface area contributed by atoms with Gasteiger partial charge in [-0.25, -0.2) is 0 Å². The molecule has 20 heavy (non-hydrogen) atoms. The van der Waals surface area contributed by atoms with Gasteiger partial charge in [0.1, 0.15) is 5.78 Å². The quantitative estimate of drug-likeness (QED) is 0.333. The molecule has 0 aromatic rings. The van der Waals surface area contributed by atoms with E-state index in [1.807, 2.05) is 0 Å². The Morgan fingerprint density at radius 1 is 0.650 bits per heavy atom. The van der Waals surface area contributed by atoms with Crippen molar-refractivity contribution >= 4 is 5.78 Å². The zero-order valence-electron chi connectivity index (χ0n) is 15.5. The minimum Gasteiger partial charge on any atom is -1.00 e. The van der Waals surface area contributed by atoms with Gasteiger partial charge in [0.2, 0.25) is 0 Å². The van der Waals surface area contributed by atoms with Crippen molar-refractivity contribution in [3.8, 4) is 0 Å². The van der Waals surface area contributed by atoms with Gasteiger partial charge in [-0.05, 0) is 13.3 Å². The number of rotatable bonds is 15. The summed E-state index contributed by atoms with van der Waals surface area (Å²) in [5, 5.41) is 0. The molecule has 0 heterocycles. The third kappa shape index (κ3) is 21.0. The van der Waals surface area contributed by atoms with E-state index in [2.05, 4.69) is 6.92 Å². The normalized spacial score (nSPS) is 10.3. The van der Waals surface area contributed by atoms with Crippen molar-refractivity contribution in [3.63, 3.8) is 0 Å². The standard InChI is InChI=1S/C18H36O.Na.H/c1-3-4-5-6-7-8-9-10-11-12-13-14-15-16-17-18(2)19;;/h3-17H2,1-2H3;;/q;+1;-1. The van der Waals surface area contributed by atoms with Crippen LogP contribution < -0.4 is 29.6 Å². The topological polar surface area (TPSA) is 17.1 Å². The average Bonchev–Trinajstić information content (AvgIpc) is 2.39. The summed E-state index contributed by atoms with van der Waals surface area (Å²) in [4.78, 5) is 10.8. The predicted molar refractivity (Wildman–Crippen MR) is 86.7 cm³/mol. The molecule has 1 nitrogen and oxygen atoms in total. The van der Waals surface area contributed by atoms with Crippen molar-refractivity contribution in [2.24, 2.45) is 0 Å². The molecule has 0 radical (unpaired) electrons. The van der Waals surface area contributed by atoms with E-state index in [9.17, 15) is 4.79 Å². The molecule has 0 saturated carbocycles. The van der Waals surface area contributed by atoms with Crippen LogP contribution in [0.3, 0.4) is 0 Å². The van der Waals surface area contributed by atoms with Crippen molar-refractivity contribution in [2.75, 3.05) is 0 Å². The maximum atomic E-state index is 10.8. The number of carbonyl (C=O) groups excluding carboxylic acids is 1. The van der Waals surface area contributed by atoms with Gasteiger partial charge in [0.15, 0.2) is 0 Å². The fraction of sp³-hybridized carbons (Fsp3) is 0.944. The summed E-state index contributed by atoms with van der Waals surface area (Å²) in [7, 11) is 0. The fourth-order valence-corrected chi connectivity index (χ4v) is 2.57. The van der Waals surface area contributed by atoms with E-state index in [0.29, 0.717) is 5.78 Å². The average molecular weight is 292 g/mol. The van der Waals surface area contributed by atoms with E-state index in [-0.39, 0.29) is 31.0 Å². The van der Waals surface area contributed by atoms with Gasteiger partial charge < -0.3 is 6.22 Å². The van der Waals surface area contributed by atoms with Crippen LogP contribution in [0.5, 0.6) is 0 Å². The van der Waals surface area contributed by atoms with Crippen LogP contribution in [-0.2, 0) is 4.79 Å². The molecule has 116 valence electrons. The largest absolute Gasteiger partial charge is 1.00 e. The SMILES string of the molecule is CCCCCCCCCCCCCCCCC(C)=O.[H-].[Na+]. The van der Waals surface area contributed by atoms with Crippen LogP contribution in [0.15, 0.2) is 0 Å². The van der Waals surface area contributed by atoms with E-state index in [4.69, 9.17) is 0 Å². The van der Waals surface area contributed by atoms with E-state index < -0.39 is 0 Å². The number of Topliss-reactive ketones (excluding diaryl/α,β-unsaturated/α-hetero) is 1. The van der Waals surface area contributed by atoms with Gasteiger partial charge in [0.05, 0.1) is 0 Å². The molecule has 0 atom stereocenters. The van der Waals surface area contributed by atoms with E-state index in [1.54, 1.807) is 6.92 Å². The van der Waals surface area contributed by atoms with Crippen LogP contribution in [0, 0.1) is 0 Å². The Balaban J connectivity index is -0.00000162. The molecule has 0 aromatic carbocycles. The first-order valence-electron chi connectivity index (χ1n) is 8.76. The summed E-state index contributed by atoms with van der Waals surface area (Å²) in [5.41, 5.74) is 0. The van der Waals surface area contributed by atoms with Gasteiger partial charge >= 0.3 is 29.6 Å². The fourth-order valence-electron chi connectivity index (χ4n) is 2.57. The van der Waals surface area contributed by atoms with Crippen LogP contribution in [-0.4, -0.2) is 5.78 Å². The van der Waals surface area contributed by atoms with Crippen LogP contribution >= 0.6 is 0 Å². The molecule has 0 saturated heterocycles. The summed E-state index contributed by atoms with van der Waals surface area (Å²) in [6.07, 6.45) is 20.1. The maximum absolute atomic E-state index is 10.8. The minimum absolute atomic E-state index is 0. The van der Waals surface area contributed by atoms with Gasteiger partial charge in [-0.15, -0.1) is 0 Å². The van der Waals surface area contributed by atoms with Gasteiger partial charge in [-0.2, -0.15) is 0 Å². The Kier molecular flexibility index (Phi) is 22.6. The van der Waals surface area contributed by atoms with Crippen LogP contribution in [0.4, 0.5) is 0 Å².